The van der Waals surface area contributed by atoms with Crippen LogP contribution >= 0.6 is 23.1 Å². The summed E-state index contributed by atoms with van der Waals surface area (Å²) in [5.74, 6) is 0.353. The average Bonchev–Trinajstić information content (AvgIpc) is 2.75. The molecule has 1 aliphatic rings. The minimum absolute atomic E-state index is 0.0294. The number of aromatic nitrogens is 1. The van der Waals surface area contributed by atoms with Crippen molar-refractivity contribution in [3.8, 4) is 0 Å². The Balaban J connectivity index is 2.13. The molecule has 1 aromatic heterocycles. The SMILES string of the molecule is Nc1nc(C(=O)N2CCSCC2CC(=O)O)cs1. The molecule has 1 unspecified atom stereocenters. The Kier molecular flexibility index (Phi) is 4.07. The number of nitrogen functional groups attached to an aromatic ring is 1. The number of hydrogen-bond donors (Lipinski definition) is 2. The number of nitrogens with zero attached hydrogens (tertiary/aromatic N) is 2. The van der Waals surface area contributed by atoms with Gasteiger partial charge in [-0.2, -0.15) is 11.8 Å². The maximum atomic E-state index is 12.2. The minimum Gasteiger partial charge on any atom is -0.481 e. The van der Waals surface area contributed by atoms with Gasteiger partial charge in [0, 0.05) is 23.4 Å². The lowest BCUT2D eigenvalue weighted by atomic mass is 10.2. The third-order valence-electron chi connectivity index (χ3n) is 2.64. The van der Waals surface area contributed by atoms with Crippen molar-refractivity contribution in [1.29, 1.82) is 0 Å². The molecule has 18 heavy (non-hydrogen) atoms. The Morgan fingerprint density at radius 1 is 1.61 bits per heavy atom. The van der Waals surface area contributed by atoms with E-state index in [2.05, 4.69) is 4.98 Å². The second kappa shape index (κ2) is 5.57. The molecule has 0 aromatic carbocycles. The Morgan fingerprint density at radius 3 is 3.00 bits per heavy atom. The molecule has 0 saturated carbocycles. The smallest absolute Gasteiger partial charge is 0.305 e. The number of carbonyl (C=O) groups excluding carboxylic acids is 1. The van der Waals surface area contributed by atoms with Crippen molar-refractivity contribution in [3.05, 3.63) is 11.1 Å². The summed E-state index contributed by atoms with van der Waals surface area (Å²) in [7, 11) is 0. The van der Waals surface area contributed by atoms with Gasteiger partial charge in [0.2, 0.25) is 0 Å². The quantitative estimate of drug-likeness (QED) is 0.852. The number of carbonyl (C=O) groups is 2. The van der Waals surface area contributed by atoms with E-state index in [1.54, 1.807) is 22.0 Å². The van der Waals surface area contributed by atoms with Gasteiger partial charge in [-0.25, -0.2) is 4.98 Å². The van der Waals surface area contributed by atoms with E-state index in [4.69, 9.17) is 10.8 Å². The highest BCUT2D eigenvalue weighted by atomic mass is 32.2. The third-order valence-corrected chi connectivity index (χ3v) is 4.41. The molecule has 98 valence electrons. The van der Waals surface area contributed by atoms with Crippen LogP contribution in [0.25, 0.3) is 0 Å². The van der Waals surface area contributed by atoms with Crippen LogP contribution in [0.5, 0.6) is 0 Å². The first-order chi connectivity index (χ1) is 8.58. The van der Waals surface area contributed by atoms with Crippen LogP contribution in [-0.4, -0.2) is 51.0 Å². The zero-order valence-electron chi connectivity index (χ0n) is 9.54. The fourth-order valence-electron chi connectivity index (χ4n) is 1.83. The summed E-state index contributed by atoms with van der Waals surface area (Å²) in [6.07, 6.45) is -0.0294. The van der Waals surface area contributed by atoms with Crippen molar-refractivity contribution >= 4 is 40.1 Å². The number of aliphatic carboxylic acids is 1. The van der Waals surface area contributed by atoms with E-state index >= 15 is 0 Å². The normalized spacial score (nSPS) is 19.8. The number of rotatable bonds is 3. The molecule has 1 fully saturated rings. The summed E-state index contributed by atoms with van der Waals surface area (Å²) in [4.78, 5) is 28.6. The van der Waals surface area contributed by atoms with Crippen LogP contribution in [0.15, 0.2) is 5.38 Å². The first kappa shape index (κ1) is 13.2. The Morgan fingerprint density at radius 2 is 2.39 bits per heavy atom. The summed E-state index contributed by atoms with van der Waals surface area (Å²) < 4.78 is 0. The largest absolute Gasteiger partial charge is 0.481 e. The first-order valence-electron chi connectivity index (χ1n) is 5.39. The van der Waals surface area contributed by atoms with Crippen LogP contribution in [0.3, 0.4) is 0 Å². The monoisotopic (exact) mass is 287 g/mol. The molecule has 0 bridgehead atoms. The maximum absolute atomic E-state index is 12.2. The van der Waals surface area contributed by atoms with Crippen LogP contribution in [-0.2, 0) is 4.79 Å². The van der Waals surface area contributed by atoms with Crippen molar-refractivity contribution < 1.29 is 14.7 Å². The summed E-state index contributed by atoms with van der Waals surface area (Å²) in [6, 6.07) is -0.267. The highest BCUT2D eigenvalue weighted by Gasteiger charge is 2.30. The predicted octanol–water partition coefficient (Wildman–Crippen LogP) is 0.758. The van der Waals surface area contributed by atoms with E-state index in [0.29, 0.717) is 23.1 Å². The lowest BCUT2D eigenvalue weighted by Gasteiger charge is -2.34. The standard InChI is InChI=1S/C10H13N3O3S2/c11-10-12-7(5-18-10)9(16)13-1-2-17-4-6(13)3-8(14)15/h5-6H,1-4H2,(H2,11,12)(H,14,15). The number of carboxylic acids is 1. The molecule has 1 atom stereocenters. The molecule has 1 aromatic rings. The molecule has 1 saturated heterocycles. The molecular weight excluding hydrogens is 274 g/mol. The molecule has 0 aliphatic carbocycles. The summed E-state index contributed by atoms with van der Waals surface area (Å²) >= 11 is 2.88. The molecule has 0 radical (unpaired) electrons. The number of anilines is 1. The summed E-state index contributed by atoms with van der Waals surface area (Å²) in [5.41, 5.74) is 5.81. The summed E-state index contributed by atoms with van der Waals surface area (Å²) in [5, 5.41) is 10.8. The second-order valence-corrected chi connectivity index (χ2v) is 5.94. The van der Waals surface area contributed by atoms with Crippen LogP contribution in [0.1, 0.15) is 16.9 Å². The highest BCUT2D eigenvalue weighted by molar-refractivity contribution is 7.99. The number of thioether (sulfide) groups is 1. The van der Waals surface area contributed by atoms with Gasteiger partial charge in [0.15, 0.2) is 5.13 Å². The topological polar surface area (TPSA) is 96.5 Å². The van der Waals surface area contributed by atoms with Gasteiger partial charge < -0.3 is 15.7 Å². The van der Waals surface area contributed by atoms with Crippen molar-refractivity contribution in [3.63, 3.8) is 0 Å². The van der Waals surface area contributed by atoms with Gasteiger partial charge in [-0.3, -0.25) is 9.59 Å². The van der Waals surface area contributed by atoms with Crippen LogP contribution < -0.4 is 5.73 Å². The number of nitrogens with two attached hydrogens (primary N) is 1. The van der Waals surface area contributed by atoms with E-state index in [1.807, 2.05) is 0 Å². The lowest BCUT2D eigenvalue weighted by Crippen LogP contribution is -2.47. The number of thiazole rings is 1. The van der Waals surface area contributed by atoms with Crippen LogP contribution in [0.4, 0.5) is 5.13 Å². The molecule has 1 aliphatic heterocycles. The van der Waals surface area contributed by atoms with Crippen LogP contribution in [0, 0.1) is 0 Å². The minimum atomic E-state index is -0.891. The number of carboxylic acid groups (broad SMARTS) is 1. The molecule has 8 heteroatoms. The molecule has 2 rings (SSSR count). The van der Waals surface area contributed by atoms with Gasteiger partial charge in [0.1, 0.15) is 5.69 Å². The Hall–Kier alpha value is -1.28. The zero-order valence-corrected chi connectivity index (χ0v) is 11.2. The number of hydrogen-bond acceptors (Lipinski definition) is 6. The fraction of sp³-hybridized carbons (Fsp3) is 0.500. The van der Waals surface area contributed by atoms with E-state index in [9.17, 15) is 9.59 Å². The predicted molar refractivity (Wildman–Crippen MR) is 70.9 cm³/mol. The molecule has 1 amide bonds. The van der Waals surface area contributed by atoms with E-state index in [-0.39, 0.29) is 18.4 Å². The van der Waals surface area contributed by atoms with Gasteiger partial charge >= 0.3 is 5.97 Å². The second-order valence-electron chi connectivity index (χ2n) is 3.90. The average molecular weight is 287 g/mol. The van der Waals surface area contributed by atoms with Gasteiger partial charge in [0.05, 0.1) is 12.5 Å². The van der Waals surface area contributed by atoms with E-state index < -0.39 is 5.97 Å². The first-order valence-corrected chi connectivity index (χ1v) is 7.43. The van der Waals surface area contributed by atoms with Crippen molar-refractivity contribution in [1.82, 2.24) is 9.88 Å². The van der Waals surface area contributed by atoms with Crippen molar-refractivity contribution in [2.75, 3.05) is 23.8 Å². The molecule has 6 nitrogen and oxygen atoms in total. The Labute approximate surface area is 112 Å². The fourth-order valence-corrected chi connectivity index (χ4v) is 3.43. The Bertz CT molecular complexity index is 463. The van der Waals surface area contributed by atoms with Crippen LogP contribution in [0.2, 0.25) is 0 Å². The molecule has 3 N–H and O–H groups in total. The highest BCUT2D eigenvalue weighted by Crippen LogP contribution is 2.22. The van der Waals surface area contributed by atoms with E-state index in [0.717, 1.165) is 5.75 Å². The van der Waals surface area contributed by atoms with Crippen molar-refractivity contribution in [2.24, 2.45) is 0 Å². The van der Waals surface area contributed by atoms with Gasteiger partial charge in [0.25, 0.3) is 5.91 Å². The summed E-state index contributed by atoms with van der Waals surface area (Å²) in [6.45, 7) is 0.554. The zero-order chi connectivity index (χ0) is 13.1. The van der Waals surface area contributed by atoms with E-state index in [1.165, 1.54) is 11.3 Å². The third kappa shape index (κ3) is 2.94. The maximum Gasteiger partial charge on any atom is 0.305 e. The van der Waals surface area contributed by atoms with Gasteiger partial charge in [-0.05, 0) is 0 Å². The number of amides is 1. The molecule has 0 spiro atoms. The molecule has 2 heterocycles. The molecular formula is C10H13N3O3S2. The lowest BCUT2D eigenvalue weighted by molar-refractivity contribution is -0.138. The van der Waals surface area contributed by atoms with Crippen molar-refractivity contribution in [2.45, 2.75) is 12.5 Å². The van der Waals surface area contributed by atoms with Gasteiger partial charge in [-0.15, -0.1) is 11.3 Å². The van der Waals surface area contributed by atoms with Gasteiger partial charge in [-0.1, -0.05) is 0 Å².